The lowest BCUT2D eigenvalue weighted by molar-refractivity contribution is 0.0695. The van der Waals surface area contributed by atoms with Crippen LogP contribution in [0.2, 0.25) is 0 Å². The van der Waals surface area contributed by atoms with E-state index in [2.05, 4.69) is 9.97 Å². The Labute approximate surface area is 103 Å². The minimum atomic E-state index is -0.955. The average molecular weight is 249 g/mol. The predicted molar refractivity (Wildman–Crippen MR) is 63.3 cm³/mol. The van der Waals surface area contributed by atoms with Crippen LogP contribution in [-0.4, -0.2) is 25.6 Å². The van der Waals surface area contributed by atoms with E-state index in [4.69, 9.17) is 5.11 Å². The molecule has 0 unspecified atom stereocenters. The number of pyridine rings is 1. The molecule has 0 radical (unpaired) electrons. The van der Waals surface area contributed by atoms with Gasteiger partial charge in [-0.05, 0) is 30.8 Å². The molecule has 5 nitrogen and oxygen atoms in total. The summed E-state index contributed by atoms with van der Waals surface area (Å²) in [4.78, 5) is 19.2. The smallest absolute Gasteiger partial charge is 0.337 e. The minimum Gasteiger partial charge on any atom is -0.478 e. The summed E-state index contributed by atoms with van der Waals surface area (Å²) in [5, 5.41) is 10.5. The highest BCUT2D eigenvalue weighted by molar-refractivity contribution is 7.99. The summed E-state index contributed by atoms with van der Waals surface area (Å²) >= 11 is 1.40. The van der Waals surface area contributed by atoms with Crippen molar-refractivity contribution in [2.45, 2.75) is 17.1 Å². The van der Waals surface area contributed by atoms with Crippen molar-refractivity contribution in [1.82, 2.24) is 14.5 Å². The molecule has 1 N–H and O–H groups in total. The molecular weight excluding hydrogens is 238 g/mol. The third-order valence-corrected chi connectivity index (χ3v) is 3.28. The van der Waals surface area contributed by atoms with Crippen molar-refractivity contribution in [3.63, 3.8) is 0 Å². The lowest BCUT2D eigenvalue weighted by atomic mass is 10.2. The van der Waals surface area contributed by atoms with Crippen molar-refractivity contribution < 1.29 is 9.90 Å². The molecule has 0 amide bonds. The SMILES string of the molecule is Cc1nc(Sc2nccn2C)ccc1C(=O)O. The van der Waals surface area contributed by atoms with Crippen molar-refractivity contribution in [2.75, 3.05) is 0 Å². The predicted octanol–water partition coefficient (Wildman–Crippen LogP) is 1.97. The van der Waals surface area contributed by atoms with Gasteiger partial charge in [0.1, 0.15) is 5.03 Å². The van der Waals surface area contributed by atoms with Crippen LogP contribution < -0.4 is 0 Å². The van der Waals surface area contributed by atoms with Gasteiger partial charge in [-0.25, -0.2) is 14.8 Å². The quantitative estimate of drug-likeness (QED) is 0.900. The lowest BCUT2D eigenvalue weighted by Gasteiger charge is -2.04. The number of carbonyl (C=O) groups is 1. The number of aryl methyl sites for hydroxylation is 2. The number of aromatic nitrogens is 3. The highest BCUT2D eigenvalue weighted by atomic mass is 32.2. The van der Waals surface area contributed by atoms with Crippen LogP contribution in [0.5, 0.6) is 0 Å². The maximum Gasteiger partial charge on any atom is 0.337 e. The molecule has 2 rings (SSSR count). The summed E-state index contributed by atoms with van der Waals surface area (Å²) in [6.07, 6.45) is 3.56. The van der Waals surface area contributed by atoms with E-state index in [1.807, 2.05) is 17.8 Å². The van der Waals surface area contributed by atoms with E-state index < -0.39 is 5.97 Å². The fourth-order valence-corrected chi connectivity index (χ4v) is 2.19. The highest BCUT2D eigenvalue weighted by Gasteiger charge is 2.10. The largest absolute Gasteiger partial charge is 0.478 e. The zero-order valence-electron chi connectivity index (χ0n) is 9.41. The van der Waals surface area contributed by atoms with Crippen molar-refractivity contribution in [1.29, 1.82) is 0 Å². The summed E-state index contributed by atoms with van der Waals surface area (Å²) in [6, 6.07) is 3.26. The van der Waals surface area contributed by atoms with Crippen molar-refractivity contribution in [3.05, 3.63) is 35.8 Å². The molecule has 2 aromatic heterocycles. The van der Waals surface area contributed by atoms with Gasteiger partial charge in [0.15, 0.2) is 5.16 Å². The van der Waals surface area contributed by atoms with Gasteiger partial charge in [0.2, 0.25) is 0 Å². The van der Waals surface area contributed by atoms with E-state index in [0.717, 1.165) is 10.2 Å². The van der Waals surface area contributed by atoms with Crippen LogP contribution in [0.3, 0.4) is 0 Å². The molecule has 6 heteroatoms. The van der Waals surface area contributed by atoms with Crippen LogP contribution >= 0.6 is 11.8 Å². The molecule has 0 atom stereocenters. The minimum absolute atomic E-state index is 0.231. The molecule has 0 spiro atoms. The Hall–Kier alpha value is -1.82. The van der Waals surface area contributed by atoms with Gasteiger partial charge >= 0.3 is 5.97 Å². The van der Waals surface area contributed by atoms with E-state index >= 15 is 0 Å². The molecule has 0 aliphatic carbocycles. The van der Waals surface area contributed by atoms with E-state index in [1.54, 1.807) is 25.3 Å². The molecular formula is C11H11N3O2S. The maximum atomic E-state index is 10.8. The first-order valence-electron chi connectivity index (χ1n) is 4.94. The topological polar surface area (TPSA) is 68.0 Å². The van der Waals surface area contributed by atoms with Gasteiger partial charge in [-0.15, -0.1) is 0 Å². The van der Waals surface area contributed by atoms with E-state index in [9.17, 15) is 4.79 Å². The summed E-state index contributed by atoms with van der Waals surface area (Å²) in [5.74, 6) is -0.955. The fraction of sp³-hybridized carbons (Fsp3) is 0.182. The Morgan fingerprint density at radius 1 is 1.47 bits per heavy atom. The van der Waals surface area contributed by atoms with Crippen LogP contribution in [-0.2, 0) is 7.05 Å². The van der Waals surface area contributed by atoms with E-state index in [-0.39, 0.29) is 5.56 Å². The number of rotatable bonds is 3. The summed E-state index contributed by atoms with van der Waals surface area (Å²) in [6.45, 7) is 1.69. The zero-order chi connectivity index (χ0) is 12.4. The standard InChI is InChI=1S/C11H11N3O2S/c1-7-8(10(15)16)3-4-9(13-7)17-11-12-5-6-14(11)2/h3-6H,1-2H3,(H,15,16). The van der Waals surface area contributed by atoms with Crippen molar-refractivity contribution >= 4 is 17.7 Å². The molecule has 88 valence electrons. The first-order chi connectivity index (χ1) is 8.08. The number of carboxylic acid groups (broad SMARTS) is 1. The number of hydrogen-bond acceptors (Lipinski definition) is 4. The summed E-state index contributed by atoms with van der Waals surface area (Å²) in [7, 11) is 1.90. The third kappa shape index (κ3) is 2.47. The average Bonchev–Trinajstić information content (AvgIpc) is 2.64. The molecule has 0 saturated carbocycles. The second-order valence-corrected chi connectivity index (χ2v) is 4.50. The molecule has 0 aliphatic heterocycles. The van der Waals surface area contributed by atoms with Crippen LogP contribution in [0, 0.1) is 6.92 Å². The van der Waals surface area contributed by atoms with Gasteiger partial charge in [-0.3, -0.25) is 0 Å². The number of imidazole rings is 1. The van der Waals surface area contributed by atoms with E-state index in [1.165, 1.54) is 11.8 Å². The molecule has 0 aromatic carbocycles. The maximum absolute atomic E-state index is 10.8. The molecule has 2 heterocycles. The molecule has 2 aromatic rings. The molecule has 0 saturated heterocycles. The van der Waals surface area contributed by atoms with Gasteiger partial charge in [0.05, 0.1) is 11.3 Å². The number of aromatic carboxylic acids is 1. The third-order valence-electron chi connectivity index (χ3n) is 2.26. The first kappa shape index (κ1) is 11.7. The molecule has 0 aliphatic rings. The van der Waals surface area contributed by atoms with Crippen molar-refractivity contribution in [3.8, 4) is 0 Å². The molecule has 0 fully saturated rings. The monoisotopic (exact) mass is 249 g/mol. The Morgan fingerprint density at radius 3 is 2.76 bits per heavy atom. The Bertz CT molecular complexity index is 566. The second-order valence-electron chi connectivity index (χ2n) is 3.51. The number of nitrogens with zero attached hydrogens (tertiary/aromatic N) is 3. The lowest BCUT2D eigenvalue weighted by Crippen LogP contribution is -2.02. The van der Waals surface area contributed by atoms with E-state index in [0.29, 0.717) is 5.69 Å². The van der Waals surface area contributed by atoms with Gasteiger partial charge in [0.25, 0.3) is 0 Å². The van der Waals surface area contributed by atoms with Gasteiger partial charge in [0, 0.05) is 19.4 Å². The Kier molecular flexibility index (Phi) is 3.14. The highest BCUT2D eigenvalue weighted by Crippen LogP contribution is 2.24. The summed E-state index contributed by atoms with van der Waals surface area (Å²) in [5.41, 5.74) is 0.742. The Balaban J connectivity index is 2.27. The van der Waals surface area contributed by atoms with Crippen molar-refractivity contribution in [2.24, 2.45) is 7.05 Å². The summed E-state index contributed by atoms with van der Waals surface area (Å²) < 4.78 is 1.88. The van der Waals surface area contributed by atoms with Gasteiger partial charge < -0.3 is 9.67 Å². The molecule has 17 heavy (non-hydrogen) atoms. The Morgan fingerprint density at radius 2 is 2.24 bits per heavy atom. The molecule has 0 bridgehead atoms. The van der Waals surface area contributed by atoms with Crippen LogP contribution in [0.15, 0.2) is 34.7 Å². The normalized spacial score (nSPS) is 10.5. The fourth-order valence-electron chi connectivity index (χ4n) is 1.36. The number of hydrogen-bond donors (Lipinski definition) is 1. The first-order valence-corrected chi connectivity index (χ1v) is 5.75. The van der Waals surface area contributed by atoms with Crippen LogP contribution in [0.1, 0.15) is 16.1 Å². The van der Waals surface area contributed by atoms with Crippen LogP contribution in [0.25, 0.3) is 0 Å². The van der Waals surface area contributed by atoms with Crippen LogP contribution in [0.4, 0.5) is 0 Å². The second kappa shape index (κ2) is 4.58. The van der Waals surface area contributed by atoms with Gasteiger partial charge in [-0.1, -0.05) is 0 Å². The number of carboxylic acids is 1. The zero-order valence-corrected chi connectivity index (χ0v) is 10.2. The van der Waals surface area contributed by atoms with Gasteiger partial charge in [-0.2, -0.15) is 0 Å².